The van der Waals surface area contributed by atoms with Gasteiger partial charge in [0.15, 0.2) is 0 Å². The number of amides is 2. The molecule has 1 aromatic carbocycles. The quantitative estimate of drug-likeness (QED) is 0.878. The van der Waals surface area contributed by atoms with Crippen LogP contribution in [0.25, 0.3) is 6.08 Å². The van der Waals surface area contributed by atoms with Crippen molar-refractivity contribution in [1.29, 1.82) is 0 Å². The van der Waals surface area contributed by atoms with Gasteiger partial charge < -0.3 is 10.2 Å². The fourth-order valence-electron chi connectivity index (χ4n) is 2.43. The average molecular weight is 312 g/mol. The fourth-order valence-corrected chi connectivity index (χ4v) is 3.06. The molecule has 0 aliphatic carbocycles. The molecular formula is C17H16N2O2S. The van der Waals surface area contributed by atoms with Gasteiger partial charge in [0.1, 0.15) is 0 Å². The molecule has 1 N–H and O–H groups in total. The number of carbonyl (C=O) groups is 2. The normalized spacial score (nSPS) is 14.7. The highest BCUT2D eigenvalue weighted by Gasteiger charge is 2.23. The molecule has 1 saturated heterocycles. The van der Waals surface area contributed by atoms with E-state index >= 15 is 0 Å². The van der Waals surface area contributed by atoms with Crippen LogP contribution in [0.1, 0.15) is 18.4 Å². The Bertz CT molecular complexity index is 707. The van der Waals surface area contributed by atoms with Gasteiger partial charge >= 0.3 is 0 Å². The first-order valence-corrected chi connectivity index (χ1v) is 8.09. The topological polar surface area (TPSA) is 49.4 Å². The molecule has 1 aromatic heterocycles. The summed E-state index contributed by atoms with van der Waals surface area (Å²) in [5.41, 5.74) is 2.43. The predicted octanol–water partition coefficient (Wildman–Crippen LogP) is 3.53. The molecule has 4 nitrogen and oxygen atoms in total. The van der Waals surface area contributed by atoms with Crippen LogP contribution in [0, 0.1) is 0 Å². The van der Waals surface area contributed by atoms with E-state index in [1.165, 1.54) is 6.08 Å². The number of benzene rings is 1. The predicted molar refractivity (Wildman–Crippen MR) is 90.0 cm³/mol. The molecule has 2 amide bonds. The first kappa shape index (κ1) is 14.5. The Hall–Kier alpha value is -2.40. The van der Waals surface area contributed by atoms with Gasteiger partial charge in [-0.3, -0.25) is 9.59 Å². The first-order chi connectivity index (χ1) is 10.7. The van der Waals surface area contributed by atoms with Gasteiger partial charge in [-0.05, 0) is 47.0 Å². The number of carbonyl (C=O) groups excluding carboxylic acids is 2. The monoisotopic (exact) mass is 312 g/mol. The zero-order valence-electron chi connectivity index (χ0n) is 12.0. The number of hydrogen-bond donors (Lipinski definition) is 1. The highest BCUT2D eigenvalue weighted by Crippen LogP contribution is 2.29. The largest absolute Gasteiger partial charge is 0.321 e. The molecule has 22 heavy (non-hydrogen) atoms. The lowest BCUT2D eigenvalue weighted by Crippen LogP contribution is -2.25. The van der Waals surface area contributed by atoms with Crippen LogP contribution in [-0.4, -0.2) is 18.4 Å². The van der Waals surface area contributed by atoms with E-state index in [1.807, 2.05) is 41.1 Å². The van der Waals surface area contributed by atoms with Crippen LogP contribution >= 0.6 is 11.3 Å². The molecule has 1 aliphatic rings. The third-order valence-corrected chi connectivity index (χ3v) is 4.20. The summed E-state index contributed by atoms with van der Waals surface area (Å²) in [5.74, 6) is -0.0965. The summed E-state index contributed by atoms with van der Waals surface area (Å²) in [4.78, 5) is 25.7. The maximum atomic E-state index is 12.1. The van der Waals surface area contributed by atoms with Crippen LogP contribution in [0.4, 0.5) is 11.4 Å². The molecule has 1 aliphatic heterocycles. The van der Waals surface area contributed by atoms with E-state index in [0.717, 1.165) is 17.7 Å². The lowest BCUT2D eigenvalue weighted by molar-refractivity contribution is -0.117. The van der Waals surface area contributed by atoms with Crippen molar-refractivity contribution in [3.05, 3.63) is 52.7 Å². The number of para-hydroxylation sites is 2. The Morgan fingerprint density at radius 3 is 2.86 bits per heavy atom. The highest BCUT2D eigenvalue weighted by atomic mass is 32.1. The van der Waals surface area contributed by atoms with E-state index in [1.54, 1.807) is 22.3 Å². The molecule has 0 spiro atoms. The Balaban J connectivity index is 1.75. The lowest BCUT2D eigenvalue weighted by Gasteiger charge is -2.19. The number of thiophene rings is 1. The minimum atomic E-state index is -0.203. The van der Waals surface area contributed by atoms with Crippen molar-refractivity contribution in [2.45, 2.75) is 12.8 Å². The van der Waals surface area contributed by atoms with Crippen LogP contribution in [-0.2, 0) is 9.59 Å². The van der Waals surface area contributed by atoms with Gasteiger partial charge in [-0.1, -0.05) is 12.1 Å². The van der Waals surface area contributed by atoms with E-state index in [4.69, 9.17) is 0 Å². The highest BCUT2D eigenvalue weighted by molar-refractivity contribution is 7.08. The van der Waals surface area contributed by atoms with Gasteiger partial charge in [0.2, 0.25) is 11.8 Å². The Labute approximate surface area is 133 Å². The molecule has 3 rings (SSSR count). The van der Waals surface area contributed by atoms with E-state index in [-0.39, 0.29) is 11.8 Å². The zero-order chi connectivity index (χ0) is 15.4. The second-order valence-corrected chi connectivity index (χ2v) is 5.83. The van der Waals surface area contributed by atoms with Crippen LogP contribution in [0.15, 0.2) is 47.2 Å². The first-order valence-electron chi connectivity index (χ1n) is 7.15. The lowest BCUT2D eigenvalue weighted by atomic mass is 10.2. The van der Waals surface area contributed by atoms with Crippen LogP contribution in [0.3, 0.4) is 0 Å². The number of hydrogen-bond acceptors (Lipinski definition) is 3. The second-order valence-electron chi connectivity index (χ2n) is 5.05. The molecule has 0 unspecified atom stereocenters. The summed E-state index contributed by atoms with van der Waals surface area (Å²) in [6.07, 6.45) is 4.71. The summed E-state index contributed by atoms with van der Waals surface area (Å²) in [6.45, 7) is 0.705. The maximum absolute atomic E-state index is 12.1. The summed E-state index contributed by atoms with van der Waals surface area (Å²) < 4.78 is 0. The molecular weight excluding hydrogens is 296 g/mol. The van der Waals surface area contributed by atoms with Crippen molar-refractivity contribution in [2.75, 3.05) is 16.8 Å². The van der Waals surface area contributed by atoms with E-state index in [9.17, 15) is 9.59 Å². The number of nitrogens with one attached hydrogen (secondary N) is 1. The minimum absolute atomic E-state index is 0.107. The van der Waals surface area contributed by atoms with Crippen molar-refractivity contribution in [3.63, 3.8) is 0 Å². The van der Waals surface area contributed by atoms with Gasteiger partial charge in [-0.25, -0.2) is 0 Å². The zero-order valence-corrected chi connectivity index (χ0v) is 12.8. The Kier molecular flexibility index (Phi) is 4.34. The van der Waals surface area contributed by atoms with Crippen LogP contribution in [0.5, 0.6) is 0 Å². The molecule has 2 aromatic rings. The standard InChI is InChI=1S/C17H16N2O2S/c20-16(8-7-13-9-11-22-12-13)18-14-4-1-2-5-15(14)19-10-3-6-17(19)21/h1-2,4-5,7-9,11-12H,3,6,10H2,(H,18,20). The van der Waals surface area contributed by atoms with Crippen LogP contribution in [0.2, 0.25) is 0 Å². The summed E-state index contributed by atoms with van der Waals surface area (Å²) >= 11 is 1.59. The minimum Gasteiger partial charge on any atom is -0.321 e. The second kappa shape index (κ2) is 6.58. The van der Waals surface area contributed by atoms with Gasteiger partial charge in [0, 0.05) is 19.0 Å². The molecule has 2 heterocycles. The van der Waals surface area contributed by atoms with E-state index in [0.29, 0.717) is 18.7 Å². The summed E-state index contributed by atoms with van der Waals surface area (Å²) in [7, 11) is 0. The SMILES string of the molecule is O=C(C=Cc1ccsc1)Nc1ccccc1N1CCCC1=O. The fraction of sp³-hybridized carbons (Fsp3) is 0.176. The van der Waals surface area contributed by atoms with Gasteiger partial charge in [-0.15, -0.1) is 0 Å². The molecule has 1 fully saturated rings. The molecule has 112 valence electrons. The van der Waals surface area contributed by atoms with Crippen LogP contribution < -0.4 is 10.2 Å². The maximum Gasteiger partial charge on any atom is 0.248 e. The molecule has 0 bridgehead atoms. The van der Waals surface area contributed by atoms with E-state index in [2.05, 4.69) is 5.32 Å². The third kappa shape index (κ3) is 3.26. The van der Waals surface area contributed by atoms with Crippen molar-refractivity contribution in [2.24, 2.45) is 0 Å². The van der Waals surface area contributed by atoms with Crippen molar-refractivity contribution < 1.29 is 9.59 Å². The molecule has 0 atom stereocenters. The Morgan fingerprint density at radius 2 is 2.14 bits per heavy atom. The smallest absolute Gasteiger partial charge is 0.248 e. The van der Waals surface area contributed by atoms with E-state index < -0.39 is 0 Å². The average Bonchev–Trinajstić information content (AvgIpc) is 3.17. The van der Waals surface area contributed by atoms with Crippen molar-refractivity contribution in [3.8, 4) is 0 Å². The van der Waals surface area contributed by atoms with Crippen molar-refractivity contribution >= 4 is 40.6 Å². The summed E-state index contributed by atoms with van der Waals surface area (Å²) in [5, 5.41) is 6.79. The molecule has 5 heteroatoms. The molecule has 0 saturated carbocycles. The number of rotatable bonds is 4. The van der Waals surface area contributed by atoms with Gasteiger partial charge in [-0.2, -0.15) is 11.3 Å². The van der Waals surface area contributed by atoms with Gasteiger partial charge in [0.05, 0.1) is 11.4 Å². The molecule has 0 radical (unpaired) electrons. The number of anilines is 2. The Morgan fingerprint density at radius 1 is 1.27 bits per heavy atom. The van der Waals surface area contributed by atoms with Crippen molar-refractivity contribution in [1.82, 2.24) is 0 Å². The van der Waals surface area contributed by atoms with Gasteiger partial charge in [0.25, 0.3) is 0 Å². The third-order valence-electron chi connectivity index (χ3n) is 3.50. The number of nitrogens with zero attached hydrogens (tertiary/aromatic N) is 1. The summed E-state index contributed by atoms with van der Waals surface area (Å²) in [6, 6.07) is 9.35.